The molecule has 2 heteroatoms. The molecule has 102 valence electrons. The molecule has 0 fully saturated rings. The van der Waals surface area contributed by atoms with Crippen molar-refractivity contribution in [3.05, 3.63) is 35.4 Å². The lowest BCUT2D eigenvalue weighted by atomic mass is 9.94. The lowest BCUT2D eigenvalue weighted by Crippen LogP contribution is -2.28. The maximum atomic E-state index is 6.10. The third-order valence-electron chi connectivity index (χ3n) is 3.36. The largest absolute Gasteiger partial charge is 0.370 e. The van der Waals surface area contributed by atoms with Gasteiger partial charge in [0.1, 0.15) is 0 Å². The third-order valence-corrected chi connectivity index (χ3v) is 4.82. The van der Waals surface area contributed by atoms with Crippen molar-refractivity contribution in [3.63, 3.8) is 0 Å². The predicted octanol–water partition coefficient (Wildman–Crippen LogP) is 5.28. The highest BCUT2D eigenvalue weighted by molar-refractivity contribution is 14.1. The third kappa shape index (κ3) is 4.23. The van der Waals surface area contributed by atoms with Gasteiger partial charge in [0.25, 0.3) is 0 Å². The average molecular weight is 360 g/mol. The van der Waals surface area contributed by atoms with Crippen LogP contribution in [0.4, 0.5) is 0 Å². The summed E-state index contributed by atoms with van der Waals surface area (Å²) < 4.78 is 7.08. The van der Waals surface area contributed by atoms with Gasteiger partial charge in [0.15, 0.2) is 0 Å². The summed E-state index contributed by atoms with van der Waals surface area (Å²) in [7, 11) is 0. The number of halogens is 1. The molecule has 1 aromatic carbocycles. The lowest BCUT2D eigenvalue weighted by molar-refractivity contribution is -0.0167. The fourth-order valence-corrected chi connectivity index (χ4v) is 2.52. The minimum Gasteiger partial charge on any atom is -0.370 e. The van der Waals surface area contributed by atoms with Crippen LogP contribution in [0.25, 0.3) is 0 Å². The summed E-state index contributed by atoms with van der Waals surface area (Å²) in [5.41, 5.74) is 2.53. The van der Waals surface area contributed by atoms with Crippen LogP contribution < -0.4 is 0 Å². The Morgan fingerprint density at radius 1 is 1.22 bits per heavy atom. The van der Waals surface area contributed by atoms with Crippen LogP contribution in [0.2, 0.25) is 0 Å². The van der Waals surface area contributed by atoms with E-state index in [1.54, 1.807) is 0 Å². The predicted molar refractivity (Wildman–Crippen MR) is 87.6 cm³/mol. The maximum Gasteiger partial charge on any atom is 0.0992 e. The van der Waals surface area contributed by atoms with Crippen LogP contribution in [-0.2, 0) is 10.3 Å². The van der Waals surface area contributed by atoms with E-state index in [9.17, 15) is 0 Å². The summed E-state index contributed by atoms with van der Waals surface area (Å²) in [6, 6.07) is 8.90. The molecule has 0 aliphatic rings. The minimum absolute atomic E-state index is 0.148. The van der Waals surface area contributed by atoms with E-state index in [4.69, 9.17) is 4.74 Å². The molecule has 1 rings (SSSR count). The van der Waals surface area contributed by atoms with Gasteiger partial charge in [-0.2, -0.15) is 0 Å². The summed E-state index contributed by atoms with van der Waals surface area (Å²) in [5.74, 6) is 0.589. The standard InChI is InChI=1S/C16H25IO/c1-5-6-11-18-16(4,12-17)15-9-7-14(8-10-15)13(2)3/h7-10,13H,5-6,11-12H2,1-4H3. The normalized spacial score (nSPS) is 14.8. The van der Waals surface area contributed by atoms with E-state index in [-0.39, 0.29) is 5.60 Å². The average Bonchev–Trinajstić information content (AvgIpc) is 2.39. The van der Waals surface area contributed by atoms with Crippen LogP contribution in [0, 0.1) is 0 Å². The van der Waals surface area contributed by atoms with Crippen molar-refractivity contribution in [2.75, 3.05) is 11.0 Å². The Morgan fingerprint density at radius 3 is 2.28 bits per heavy atom. The molecular formula is C16H25IO. The second kappa shape index (κ2) is 7.49. The van der Waals surface area contributed by atoms with Crippen LogP contribution in [-0.4, -0.2) is 11.0 Å². The molecule has 18 heavy (non-hydrogen) atoms. The van der Waals surface area contributed by atoms with Gasteiger partial charge in [-0.25, -0.2) is 0 Å². The Labute approximate surface area is 125 Å². The van der Waals surface area contributed by atoms with Gasteiger partial charge in [-0.15, -0.1) is 0 Å². The van der Waals surface area contributed by atoms with Gasteiger partial charge >= 0.3 is 0 Å². The van der Waals surface area contributed by atoms with Crippen LogP contribution in [0.5, 0.6) is 0 Å². The van der Waals surface area contributed by atoms with Gasteiger partial charge in [0.2, 0.25) is 0 Å². The van der Waals surface area contributed by atoms with E-state index < -0.39 is 0 Å². The molecule has 0 saturated carbocycles. The molecule has 1 unspecified atom stereocenters. The molecule has 0 radical (unpaired) electrons. The second-order valence-electron chi connectivity index (χ2n) is 5.34. The first-order chi connectivity index (χ1) is 8.53. The molecule has 1 atom stereocenters. The first-order valence-electron chi connectivity index (χ1n) is 6.84. The van der Waals surface area contributed by atoms with Crippen LogP contribution >= 0.6 is 22.6 Å². The molecule has 0 aliphatic carbocycles. The highest BCUT2D eigenvalue weighted by Gasteiger charge is 2.25. The zero-order valence-electron chi connectivity index (χ0n) is 12.0. The van der Waals surface area contributed by atoms with Crippen molar-refractivity contribution in [2.45, 2.75) is 52.1 Å². The Morgan fingerprint density at radius 2 is 1.83 bits per heavy atom. The van der Waals surface area contributed by atoms with Gasteiger partial charge < -0.3 is 4.74 Å². The second-order valence-corrected chi connectivity index (χ2v) is 6.11. The van der Waals surface area contributed by atoms with Gasteiger partial charge in [0.05, 0.1) is 5.60 Å². The zero-order valence-corrected chi connectivity index (χ0v) is 14.2. The van der Waals surface area contributed by atoms with Crippen molar-refractivity contribution in [3.8, 4) is 0 Å². The minimum atomic E-state index is -0.148. The number of rotatable bonds is 7. The van der Waals surface area contributed by atoms with E-state index in [0.29, 0.717) is 5.92 Å². The fourth-order valence-electron chi connectivity index (χ4n) is 1.86. The number of alkyl halides is 1. The van der Waals surface area contributed by atoms with Crippen LogP contribution in [0.15, 0.2) is 24.3 Å². The summed E-state index contributed by atoms with van der Waals surface area (Å²) in [6.45, 7) is 9.69. The lowest BCUT2D eigenvalue weighted by Gasteiger charge is -2.29. The molecule has 1 nitrogen and oxygen atoms in total. The van der Waals surface area contributed by atoms with Crippen molar-refractivity contribution in [1.82, 2.24) is 0 Å². The number of unbranched alkanes of at least 4 members (excludes halogenated alkanes) is 1. The number of benzene rings is 1. The highest BCUT2D eigenvalue weighted by Crippen LogP contribution is 2.29. The molecular weight excluding hydrogens is 335 g/mol. The molecule has 0 saturated heterocycles. The fraction of sp³-hybridized carbons (Fsp3) is 0.625. The molecule has 0 N–H and O–H groups in total. The summed E-state index contributed by atoms with van der Waals surface area (Å²) in [5, 5.41) is 0. The Balaban J connectivity index is 2.80. The summed E-state index contributed by atoms with van der Waals surface area (Å²) in [4.78, 5) is 0. The van der Waals surface area contributed by atoms with Gasteiger partial charge in [-0.1, -0.05) is 74.0 Å². The van der Waals surface area contributed by atoms with Gasteiger partial charge in [-0.3, -0.25) is 0 Å². The first kappa shape index (κ1) is 16.0. The Kier molecular flexibility index (Phi) is 6.64. The van der Waals surface area contributed by atoms with Gasteiger partial charge in [0, 0.05) is 11.0 Å². The molecule has 0 amide bonds. The molecule has 0 bridgehead atoms. The summed E-state index contributed by atoms with van der Waals surface area (Å²) >= 11 is 2.42. The Hall–Kier alpha value is -0.0900. The maximum absolute atomic E-state index is 6.10. The van der Waals surface area contributed by atoms with Crippen LogP contribution in [0.3, 0.4) is 0 Å². The molecule has 0 heterocycles. The van der Waals surface area contributed by atoms with Crippen molar-refractivity contribution in [2.24, 2.45) is 0 Å². The summed E-state index contributed by atoms with van der Waals surface area (Å²) in [6.07, 6.45) is 2.32. The smallest absolute Gasteiger partial charge is 0.0992 e. The van der Waals surface area contributed by atoms with E-state index in [0.717, 1.165) is 17.5 Å². The highest BCUT2D eigenvalue weighted by atomic mass is 127. The Bertz CT molecular complexity index is 345. The topological polar surface area (TPSA) is 9.23 Å². The SMILES string of the molecule is CCCCOC(C)(CI)c1ccc(C(C)C)cc1. The number of hydrogen-bond acceptors (Lipinski definition) is 1. The van der Waals surface area contributed by atoms with Gasteiger partial charge in [-0.05, 0) is 30.4 Å². The van der Waals surface area contributed by atoms with Crippen LogP contribution in [0.1, 0.15) is 57.6 Å². The van der Waals surface area contributed by atoms with E-state index in [1.165, 1.54) is 17.5 Å². The quantitative estimate of drug-likeness (QED) is 0.365. The number of hydrogen-bond donors (Lipinski definition) is 0. The molecule has 1 aromatic rings. The van der Waals surface area contributed by atoms with E-state index in [1.807, 2.05) is 0 Å². The zero-order chi connectivity index (χ0) is 13.6. The van der Waals surface area contributed by atoms with E-state index in [2.05, 4.69) is 74.6 Å². The van der Waals surface area contributed by atoms with E-state index >= 15 is 0 Å². The van der Waals surface area contributed by atoms with Crippen molar-refractivity contribution >= 4 is 22.6 Å². The van der Waals surface area contributed by atoms with Crippen molar-refractivity contribution in [1.29, 1.82) is 0 Å². The molecule has 0 aromatic heterocycles. The van der Waals surface area contributed by atoms with Crippen molar-refractivity contribution < 1.29 is 4.74 Å². The monoisotopic (exact) mass is 360 g/mol. The molecule has 0 aliphatic heterocycles. The first-order valence-corrected chi connectivity index (χ1v) is 8.36. The number of ether oxygens (including phenoxy) is 1. The molecule has 0 spiro atoms.